The molecular weight excluding hydrogens is 200 g/mol. The Morgan fingerprint density at radius 1 is 1.50 bits per heavy atom. The number of β-amino-alcohol motifs (C(OH)–C–C–N with tert-alkyl or cyclic N) is 1. The van der Waals surface area contributed by atoms with Crippen molar-refractivity contribution in [3.05, 3.63) is 29.3 Å². The van der Waals surface area contributed by atoms with Gasteiger partial charge in [-0.25, -0.2) is 0 Å². The highest BCUT2D eigenvalue weighted by Gasteiger charge is 2.40. The second kappa shape index (κ2) is 3.80. The van der Waals surface area contributed by atoms with Crippen molar-refractivity contribution < 1.29 is 5.11 Å². The summed E-state index contributed by atoms with van der Waals surface area (Å²) in [5.41, 5.74) is 2.21. The Hall–Kier alpha value is -1.53. The van der Waals surface area contributed by atoms with Gasteiger partial charge < -0.3 is 10.0 Å². The van der Waals surface area contributed by atoms with Crippen molar-refractivity contribution in [2.75, 3.05) is 18.0 Å². The lowest BCUT2D eigenvalue weighted by Crippen LogP contribution is -2.61. The zero-order chi connectivity index (χ0) is 11.8. The average Bonchev–Trinajstić information content (AvgIpc) is 2.24. The number of aliphatic hydroxyl groups is 1. The number of aryl methyl sites for hydroxylation is 1. The van der Waals surface area contributed by atoms with Gasteiger partial charge in [-0.05, 0) is 31.0 Å². The molecule has 1 aliphatic rings. The van der Waals surface area contributed by atoms with Gasteiger partial charge in [0.25, 0.3) is 0 Å². The molecule has 1 N–H and O–H groups in total. The lowest BCUT2D eigenvalue weighted by atomic mass is 9.90. The third-order valence-electron chi connectivity index (χ3n) is 3.24. The lowest BCUT2D eigenvalue weighted by molar-refractivity contribution is 0.00850. The second-order valence-electron chi connectivity index (χ2n) is 4.57. The van der Waals surface area contributed by atoms with Crippen LogP contribution in [0.2, 0.25) is 0 Å². The van der Waals surface area contributed by atoms with E-state index in [2.05, 4.69) is 11.0 Å². The van der Waals surface area contributed by atoms with E-state index in [1.165, 1.54) is 0 Å². The van der Waals surface area contributed by atoms with Crippen LogP contribution in [0.1, 0.15) is 24.5 Å². The van der Waals surface area contributed by atoms with Crippen molar-refractivity contribution in [1.29, 1.82) is 5.26 Å². The maximum atomic E-state index is 9.96. The molecule has 1 heterocycles. The van der Waals surface area contributed by atoms with Crippen molar-refractivity contribution in [3.63, 3.8) is 0 Å². The van der Waals surface area contributed by atoms with Crippen molar-refractivity contribution in [2.24, 2.45) is 0 Å². The molecule has 0 bridgehead atoms. The molecule has 0 unspecified atom stereocenters. The monoisotopic (exact) mass is 216 g/mol. The summed E-state index contributed by atoms with van der Waals surface area (Å²) in [5.74, 6) is 0. The molecule has 1 saturated heterocycles. The Morgan fingerprint density at radius 2 is 2.19 bits per heavy atom. The van der Waals surface area contributed by atoms with Crippen molar-refractivity contribution >= 4 is 5.69 Å². The highest BCUT2D eigenvalue weighted by Crippen LogP contribution is 2.32. The van der Waals surface area contributed by atoms with E-state index in [4.69, 9.17) is 5.26 Å². The van der Waals surface area contributed by atoms with Gasteiger partial charge in [0.15, 0.2) is 0 Å². The fourth-order valence-corrected chi connectivity index (χ4v) is 2.06. The molecule has 0 spiro atoms. The number of benzene rings is 1. The zero-order valence-corrected chi connectivity index (χ0v) is 9.70. The first-order valence-corrected chi connectivity index (χ1v) is 5.56. The van der Waals surface area contributed by atoms with Crippen LogP contribution in [0.4, 0.5) is 5.69 Å². The second-order valence-corrected chi connectivity index (χ2v) is 4.57. The highest BCUT2D eigenvalue weighted by molar-refractivity contribution is 5.62. The molecule has 1 fully saturated rings. The standard InChI is InChI=1S/C13H16N2O/c1-3-13(16)8-15(9-13)12-6-10(2)4-5-11(12)7-14/h4-6,16H,3,8-9H2,1-2H3. The van der Waals surface area contributed by atoms with E-state index >= 15 is 0 Å². The molecule has 2 rings (SSSR count). The average molecular weight is 216 g/mol. The Labute approximate surface area is 95.9 Å². The molecule has 1 aromatic rings. The molecule has 0 amide bonds. The van der Waals surface area contributed by atoms with E-state index in [0.717, 1.165) is 17.7 Å². The molecule has 16 heavy (non-hydrogen) atoms. The normalized spacial score (nSPS) is 17.8. The molecule has 0 radical (unpaired) electrons. The summed E-state index contributed by atoms with van der Waals surface area (Å²) in [5, 5.41) is 19.0. The topological polar surface area (TPSA) is 47.3 Å². The minimum absolute atomic E-state index is 0.559. The third kappa shape index (κ3) is 1.77. The van der Waals surface area contributed by atoms with Crippen molar-refractivity contribution in [2.45, 2.75) is 25.9 Å². The molecule has 0 aromatic heterocycles. The van der Waals surface area contributed by atoms with E-state index in [9.17, 15) is 5.11 Å². The summed E-state index contributed by atoms with van der Waals surface area (Å²) < 4.78 is 0. The quantitative estimate of drug-likeness (QED) is 0.820. The van der Waals surface area contributed by atoms with Crippen LogP contribution >= 0.6 is 0 Å². The first kappa shape index (κ1) is 11.0. The minimum Gasteiger partial charge on any atom is -0.386 e. The van der Waals surface area contributed by atoms with E-state index in [0.29, 0.717) is 18.7 Å². The number of rotatable bonds is 2. The molecule has 84 valence electrons. The molecule has 0 aliphatic carbocycles. The van der Waals surface area contributed by atoms with Crippen LogP contribution in [0.5, 0.6) is 0 Å². The first-order valence-electron chi connectivity index (χ1n) is 5.56. The molecule has 0 saturated carbocycles. The summed E-state index contributed by atoms with van der Waals surface area (Å²) in [4.78, 5) is 2.06. The van der Waals surface area contributed by atoms with Gasteiger partial charge in [-0.1, -0.05) is 13.0 Å². The van der Waals surface area contributed by atoms with Crippen LogP contribution in [-0.4, -0.2) is 23.8 Å². The highest BCUT2D eigenvalue weighted by atomic mass is 16.3. The van der Waals surface area contributed by atoms with Crippen LogP contribution in [0.3, 0.4) is 0 Å². The Kier molecular flexibility index (Phi) is 2.61. The number of nitriles is 1. The number of anilines is 1. The van der Waals surface area contributed by atoms with Crippen LogP contribution in [-0.2, 0) is 0 Å². The molecule has 1 aliphatic heterocycles. The maximum Gasteiger partial charge on any atom is 0.101 e. The fourth-order valence-electron chi connectivity index (χ4n) is 2.06. The smallest absolute Gasteiger partial charge is 0.101 e. The van der Waals surface area contributed by atoms with Crippen molar-refractivity contribution in [3.8, 4) is 6.07 Å². The van der Waals surface area contributed by atoms with E-state index in [1.54, 1.807) is 0 Å². The summed E-state index contributed by atoms with van der Waals surface area (Å²) in [6.45, 7) is 5.25. The summed E-state index contributed by atoms with van der Waals surface area (Å²) >= 11 is 0. The molecule has 0 atom stereocenters. The zero-order valence-electron chi connectivity index (χ0n) is 9.70. The van der Waals surface area contributed by atoms with Gasteiger partial charge in [0, 0.05) is 13.1 Å². The largest absolute Gasteiger partial charge is 0.386 e. The van der Waals surface area contributed by atoms with Gasteiger partial charge in [0.05, 0.1) is 16.9 Å². The van der Waals surface area contributed by atoms with E-state index in [-0.39, 0.29) is 0 Å². The van der Waals surface area contributed by atoms with Crippen LogP contribution in [0.15, 0.2) is 18.2 Å². The van der Waals surface area contributed by atoms with E-state index in [1.807, 2.05) is 32.0 Å². The Morgan fingerprint density at radius 3 is 2.75 bits per heavy atom. The van der Waals surface area contributed by atoms with Gasteiger partial charge in [-0.15, -0.1) is 0 Å². The van der Waals surface area contributed by atoms with Crippen LogP contribution in [0.25, 0.3) is 0 Å². The number of hydrogen-bond acceptors (Lipinski definition) is 3. The van der Waals surface area contributed by atoms with Crippen LogP contribution in [0, 0.1) is 18.3 Å². The fraction of sp³-hybridized carbons (Fsp3) is 0.462. The Bertz CT molecular complexity index is 442. The van der Waals surface area contributed by atoms with Gasteiger partial charge in [0.1, 0.15) is 6.07 Å². The summed E-state index contributed by atoms with van der Waals surface area (Å²) in [6.07, 6.45) is 0.761. The predicted molar refractivity (Wildman–Crippen MR) is 63.3 cm³/mol. The van der Waals surface area contributed by atoms with E-state index < -0.39 is 5.60 Å². The summed E-state index contributed by atoms with van der Waals surface area (Å²) in [6, 6.07) is 7.98. The maximum absolute atomic E-state index is 9.96. The molecular formula is C13H16N2O. The van der Waals surface area contributed by atoms with Gasteiger partial charge in [-0.2, -0.15) is 5.26 Å². The third-order valence-corrected chi connectivity index (χ3v) is 3.24. The Balaban J connectivity index is 2.23. The van der Waals surface area contributed by atoms with Gasteiger partial charge in [-0.3, -0.25) is 0 Å². The lowest BCUT2D eigenvalue weighted by Gasteiger charge is -2.47. The molecule has 1 aromatic carbocycles. The van der Waals surface area contributed by atoms with Gasteiger partial charge in [0.2, 0.25) is 0 Å². The number of nitrogens with zero attached hydrogens (tertiary/aromatic N) is 2. The van der Waals surface area contributed by atoms with Crippen LogP contribution < -0.4 is 4.90 Å². The van der Waals surface area contributed by atoms with Gasteiger partial charge >= 0.3 is 0 Å². The molecule has 3 nitrogen and oxygen atoms in total. The minimum atomic E-state index is -0.559. The summed E-state index contributed by atoms with van der Waals surface area (Å²) in [7, 11) is 0. The molecule has 3 heteroatoms. The number of hydrogen-bond donors (Lipinski definition) is 1. The first-order chi connectivity index (χ1) is 7.58. The SMILES string of the molecule is CCC1(O)CN(c2cc(C)ccc2C#N)C1. The predicted octanol–water partition coefficient (Wildman–Crippen LogP) is 1.83. The van der Waals surface area contributed by atoms with Crippen molar-refractivity contribution in [1.82, 2.24) is 0 Å².